The van der Waals surface area contributed by atoms with E-state index in [9.17, 15) is 14.7 Å². The fraction of sp³-hybridized carbons (Fsp3) is 0.622. The number of ether oxygens (including phenoxy) is 2. The molecular weight excluding hydrogens is 524 g/mol. The third-order valence-electron chi connectivity index (χ3n) is 6.53. The highest BCUT2D eigenvalue weighted by Crippen LogP contribution is 2.11. The third kappa shape index (κ3) is 30.3. The first-order valence-corrected chi connectivity index (χ1v) is 16.5. The van der Waals surface area contributed by atoms with Crippen LogP contribution in [-0.4, -0.2) is 36.4 Å². The lowest BCUT2D eigenvalue weighted by Crippen LogP contribution is -2.28. The molecule has 5 heteroatoms. The molecule has 1 unspecified atom stereocenters. The summed E-state index contributed by atoms with van der Waals surface area (Å²) in [4.78, 5) is 24.0. The van der Waals surface area contributed by atoms with Crippen molar-refractivity contribution >= 4 is 11.9 Å². The normalized spacial score (nSPS) is 13.1. The second kappa shape index (κ2) is 32.8. The van der Waals surface area contributed by atoms with E-state index >= 15 is 0 Å². The number of allylic oxidation sites excluding steroid dienone is 12. The molecule has 5 nitrogen and oxygen atoms in total. The van der Waals surface area contributed by atoms with Crippen molar-refractivity contribution in [2.45, 2.75) is 136 Å². The van der Waals surface area contributed by atoms with Crippen molar-refractivity contribution < 1.29 is 24.2 Å². The maximum atomic E-state index is 12.1. The van der Waals surface area contributed by atoms with E-state index in [1.54, 1.807) is 0 Å². The molecule has 0 aromatic heterocycles. The van der Waals surface area contributed by atoms with Gasteiger partial charge in [0.15, 0.2) is 6.10 Å². The Morgan fingerprint density at radius 2 is 1.02 bits per heavy atom. The molecule has 0 rings (SSSR count). The van der Waals surface area contributed by atoms with Crippen LogP contribution in [0.1, 0.15) is 129 Å². The summed E-state index contributed by atoms with van der Waals surface area (Å²) in [7, 11) is 0. The lowest BCUT2D eigenvalue weighted by atomic mass is 10.1. The zero-order valence-electron chi connectivity index (χ0n) is 26.7. The number of esters is 2. The van der Waals surface area contributed by atoms with Gasteiger partial charge in [-0.05, 0) is 51.4 Å². The molecule has 0 spiro atoms. The van der Waals surface area contributed by atoms with E-state index in [0.29, 0.717) is 12.8 Å². The molecule has 0 aliphatic rings. The van der Waals surface area contributed by atoms with Crippen molar-refractivity contribution in [1.82, 2.24) is 0 Å². The molecule has 0 aromatic carbocycles. The number of rotatable bonds is 28. The number of unbranched alkanes of at least 4 members (excludes halogenated alkanes) is 8. The maximum absolute atomic E-state index is 12.1. The van der Waals surface area contributed by atoms with Gasteiger partial charge < -0.3 is 14.6 Å². The fourth-order valence-electron chi connectivity index (χ4n) is 4.05. The molecule has 1 atom stereocenters. The smallest absolute Gasteiger partial charge is 0.306 e. The van der Waals surface area contributed by atoms with Crippen LogP contribution in [0, 0.1) is 0 Å². The number of hydrogen-bond donors (Lipinski definition) is 1. The first-order chi connectivity index (χ1) is 20.6. The predicted molar refractivity (Wildman–Crippen MR) is 177 cm³/mol. The van der Waals surface area contributed by atoms with Crippen LogP contribution < -0.4 is 0 Å². The van der Waals surface area contributed by atoms with Gasteiger partial charge in [0.25, 0.3) is 0 Å². The molecule has 0 bridgehead atoms. The van der Waals surface area contributed by atoms with Gasteiger partial charge in [-0.15, -0.1) is 0 Å². The van der Waals surface area contributed by atoms with Gasteiger partial charge in [-0.2, -0.15) is 0 Å². The minimum absolute atomic E-state index is 0.0988. The summed E-state index contributed by atoms with van der Waals surface area (Å²) in [6, 6.07) is 0. The standard InChI is InChI=1S/C37H60O5/c1-3-5-7-9-11-13-14-15-16-17-18-19-20-21-22-24-26-28-30-32-37(40)42-35(33-38)34-41-36(39)31-29-27-25-23-12-10-8-6-4-2/h5,7,11,13,15-16,18-19,21-22,26,28,35,38H,3-4,6,8-10,12,14,17,20,23-25,27,29-34H2,1-2H3/b7-5-,13-11-,16-15-,19-18-,22-21-,28-26-. The molecule has 0 saturated heterocycles. The Bertz CT molecular complexity index is 803. The monoisotopic (exact) mass is 584 g/mol. The van der Waals surface area contributed by atoms with Crippen LogP contribution in [0.4, 0.5) is 0 Å². The molecule has 0 radical (unpaired) electrons. The van der Waals surface area contributed by atoms with E-state index in [-0.39, 0.29) is 25.6 Å². The van der Waals surface area contributed by atoms with Crippen molar-refractivity contribution in [3.05, 3.63) is 72.9 Å². The second-order valence-electron chi connectivity index (χ2n) is 10.5. The van der Waals surface area contributed by atoms with Gasteiger partial charge in [-0.1, -0.05) is 138 Å². The van der Waals surface area contributed by atoms with Gasteiger partial charge in [0.2, 0.25) is 0 Å². The first-order valence-electron chi connectivity index (χ1n) is 16.5. The van der Waals surface area contributed by atoms with Crippen molar-refractivity contribution in [1.29, 1.82) is 0 Å². The van der Waals surface area contributed by atoms with Crippen LogP contribution in [0.25, 0.3) is 0 Å². The number of carbonyl (C=O) groups is 2. The molecule has 0 amide bonds. The van der Waals surface area contributed by atoms with Crippen molar-refractivity contribution in [3.8, 4) is 0 Å². The number of hydrogen-bond acceptors (Lipinski definition) is 5. The highest BCUT2D eigenvalue weighted by atomic mass is 16.6. The SMILES string of the molecule is CC/C=C\C/C=C\C/C=C\C/C=C\C/C=C\C/C=C\CCC(=O)OC(CO)COC(=O)CCCCCCCCCCC. The van der Waals surface area contributed by atoms with Crippen LogP contribution in [0.5, 0.6) is 0 Å². The molecule has 238 valence electrons. The molecule has 0 saturated carbocycles. The van der Waals surface area contributed by atoms with E-state index < -0.39 is 12.1 Å². The highest BCUT2D eigenvalue weighted by molar-refractivity contribution is 5.70. The average molecular weight is 585 g/mol. The Morgan fingerprint density at radius 1 is 0.571 bits per heavy atom. The molecule has 0 aromatic rings. The lowest BCUT2D eigenvalue weighted by Gasteiger charge is -2.15. The van der Waals surface area contributed by atoms with E-state index in [4.69, 9.17) is 9.47 Å². The van der Waals surface area contributed by atoms with E-state index in [0.717, 1.165) is 57.8 Å². The van der Waals surface area contributed by atoms with Crippen molar-refractivity contribution in [2.24, 2.45) is 0 Å². The van der Waals surface area contributed by atoms with Gasteiger partial charge in [0.05, 0.1) is 6.61 Å². The quantitative estimate of drug-likeness (QED) is 0.0563. The second-order valence-corrected chi connectivity index (χ2v) is 10.5. The Morgan fingerprint density at radius 3 is 1.50 bits per heavy atom. The molecular formula is C37H60O5. The highest BCUT2D eigenvalue weighted by Gasteiger charge is 2.15. The van der Waals surface area contributed by atoms with Crippen LogP contribution in [0.2, 0.25) is 0 Å². The third-order valence-corrected chi connectivity index (χ3v) is 6.53. The van der Waals surface area contributed by atoms with Crippen LogP contribution in [0.15, 0.2) is 72.9 Å². The summed E-state index contributed by atoms with van der Waals surface area (Å²) in [5, 5.41) is 9.47. The van der Waals surface area contributed by atoms with E-state index in [1.807, 2.05) is 12.2 Å². The predicted octanol–water partition coefficient (Wildman–Crippen LogP) is 9.83. The average Bonchev–Trinajstić information content (AvgIpc) is 2.99. The largest absolute Gasteiger partial charge is 0.462 e. The summed E-state index contributed by atoms with van der Waals surface area (Å²) in [5.41, 5.74) is 0. The number of carbonyl (C=O) groups excluding carboxylic acids is 2. The fourth-order valence-corrected chi connectivity index (χ4v) is 4.05. The van der Waals surface area contributed by atoms with E-state index in [2.05, 4.69) is 74.6 Å². The van der Waals surface area contributed by atoms with Gasteiger partial charge in [0.1, 0.15) is 6.61 Å². The Balaban J connectivity index is 3.78. The molecule has 0 fully saturated rings. The van der Waals surface area contributed by atoms with Crippen LogP contribution in [-0.2, 0) is 19.1 Å². The topological polar surface area (TPSA) is 72.8 Å². The summed E-state index contributed by atoms with van der Waals surface area (Å²) in [5.74, 6) is -0.700. The van der Waals surface area contributed by atoms with Gasteiger partial charge in [0, 0.05) is 12.8 Å². The zero-order chi connectivity index (χ0) is 30.8. The minimum Gasteiger partial charge on any atom is -0.462 e. The van der Waals surface area contributed by atoms with Gasteiger partial charge in [-0.25, -0.2) is 0 Å². The molecule has 1 N–H and O–H groups in total. The summed E-state index contributed by atoms with van der Waals surface area (Å²) >= 11 is 0. The minimum atomic E-state index is -0.810. The molecule has 42 heavy (non-hydrogen) atoms. The Kier molecular flexibility index (Phi) is 30.8. The van der Waals surface area contributed by atoms with Gasteiger partial charge in [-0.3, -0.25) is 9.59 Å². The Labute approximate surface area is 257 Å². The number of aliphatic hydroxyl groups excluding tert-OH is 1. The first kappa shape index (κ1) is 39.3. The van der Waals surface area contributed by atoms with Crippen molar-refractivity contribution in [3.63, 3.8) is 0 Å². The van der Waals surface area contributed by atoms with Crippen molar-refractivity contribution in [2.75, 3.05) is 13.2 Å². The van der Waals surface area contributed by atoms with Crippen LogP contribution >= 0.6 is 0 Å². The molecule has 0 aliphatic carbocycles. The Hall–Kier alpha value is -2.66. The maximum Gasteiger partial charge on any atom is 0.306 e. The lowest BCUT2D eigenvalue weighted by molar-refractivity contribution is -0.161. The number of aliphatic hydroxyl groups is 1. The molecule has 0 aliphatic heterocycles. The van der Waals surface area contributed by atoms with Crippen LogP contribution in [0.3, 0.4) is 0 Å². The van der Waals surface area contributed by atoms with E-state index in [1.165, 1.54) is 38.5 Å². The summed E-state index contributed by atoms with van der Waals surface area (Å²) in [6.07, 6.45) is 42.5. The molecule has 0 heterocycles. The summed E-state index contributed by atoms with van der Waals surface area (Å²) < 4.78 is 10.5. The van der Waals surface area contributed by atoms with Gasteiger partial charge >= 0.3 is 11.9 Å². The zero-order valence-corrected chi connectivity index (χ0v) is 26.7. The summed E-state index contributed by atoms with van der Waals surface area (Å²) in [6.45, 7) is 3.91.